The van der Waals surface area contributed by atoms with Crippen molar-refractivity contribution in [2.24, 2.45) is 4.99 Å². The minimum Gasteiger partial charge on any atom is -0.354 e. The van der Waals surface area contributed by atoms with Crippen LogP contribution in [0.25, 0.3) is 0 Å². The number of halogens is 1. The molecule has 5 heteroatoms. The molecule has 1 aromatic carbocycles. The van der Waals surface area contributed by atoms with Gasteiger partial charge in [0.1, 0.15) is 5.82 Å². The van der Waals surface area contributed by atoms with Crippen molar-refractivity contribution in [1.82, 2.24) is 15.5 Å². The summed E-state index contributed by atoms with van der Waals surface area (Å²) in [6, 6.07) is 9.33. The van der Waals surface area contributed by atoms with Gasteiger partial charge in [-0.1, -0.05) is 24.6 Å². The lowest BCUT2D eigenvalue weighted by atomic mass is 9.82. The summed E-state index contributed by atoms with van der Waals surface area (Å²) in [5.41, 5.74) is 0.828. The van der Waals surface area contributed by atoms with E-state index < -0.39 is 0 Å². The molecule has 0 aromatic heterocycles. The van der Waals surface area contributed by atoms with Crippen LogP contribution in [0.2, 0.25) is 0 Å². The molecule has 0 amide bonds. The van der Waals surface area contributed by atoms with Gasteiger partial charge in [-0.3, -0.25) is 4.99 Å². The highest BCUT2D eigenvalue weighted by Crippen LogP contribution is 2.41. The van der Waals surface area contributed by atoms with Gasteiger partial charge >= 0.3 is 0 Å². The third kappa shape index (κ3) is 3.73. The fraction of sp³-hybridized carbons (Fsp3) is 0.667. The van der Waals surface area contributed by atoms with Crippen molar-refractivity contribution >= 4 is 5.96 Å². The van der Waals surface area contributed by atoms with E-state index in [4.69, 9.17) is 0 Å². The first-order valence-corrected chi connectivity index (χ1v) is 10.2. The average Bonchev–Trinajstić information content (AvgIpc) is 3.35. The van der Waals surface area contributed by atoms with Gasteiger partial charge in [0, 0.05) is 36.6 Å². The van der Waals surface area contributed by atoms with E-state index in [-0.39, 0.29) is 17.8 Å². The highest BCUT2D eigenvalue weighted by Gasteiger charge is 2.41. The van der Waals surface area contributed by atoms with Crippen LogP contribution in [0.1, 0.15) is 56.9 Å². The highest BCUT2D eigenvalue weighted by molar-refractivity contribution is 5.81. The van der Waals surface area contributed by atoms with Crippen LogP contribution in [0.4, 0.5) is 4.39 Å². The molecule has 2 heterocycles. The Hall–Kier alpha value is -1.62. The molecule has 4 nitrogen and oxygen atoms in total. The molecule has 0 spiro atoms. The van der Waals surface area contributed by atoms with Gasteiger partial charge in [-0.05, 0) is 57.7 Å². The molecule has 2 aliphatic heterocycles. The zero-order valence-electron chi connectivity index (χ0n) is 15.9. The quantitative estimate of drug-likeness (QED) is 0.641. The van der Waals surface area contributed by atoms with Crippen molar-refractivity contribution in [2.75, 3.05) is 13.6 Å². The second-order valence-corrected chi connectivity index (χ2v) is 8.15. The van der Waals surface area contributed by atoms with E-state index in [0.29, 0.717) is 18.1 Å². The minimum atomic E-state index is -0.0908. The number of rotatable bonds is 4. The Kier molecular flexibility index (Phi) is 5.16. The molecule has 2 bridgehead atoms. The van der Waals surface area contributed by atoms with Crippen LogP contribution in [-0.2, 0) is 0 Å². The van der Waals surface area contributed by atoms with Gasteiger partial charge in [0.05, 0.1) is 0 Å². The van der Waals surface area contributed by atoms with Crippen LogP contribution in [-0.4, -0.2) is 48.6 Å². The summed E-state index contributed by atoms with van der Waals surface area (Å²) in [6.07, 6.45) is 7.36. The lowest BCUT2D eigenvalue weighted by Crippen LogP contribution is -2.56. The predicted octanol–water partition coefficient (Wildman–Crippen LogP) is 3.25. The van der Waals surface area contributed by atoms with Gasteiger partial charge in [0.15, 0.2) is 5.96 Å². The van der Waals surface area contributed by atoms with Gasteiger partial charge in [-0.25, -0.2) is 4.39 Å². The molecule has 4 rings (SSSR count). The predicted molar refractivity (Wildman–Crippen MR) is 104 cm³/mol. The van der Waals surface area contributed by atoms with Gasteiger partial charge < -0.3 is 15.5 Å². The molecule has 3 fully saturated rings. The summed E-state index contributed by atoms with van der Waals surface area (Å²) >= 11 is 0. The largest absolute Gasteiger partial charge is 0.354 e. The summed E-state index contributed by atoms with van der Waals surface area (Å²) < 4.78 is 14.0. The molecule has 142 valence electrons. The first kappa shape index (κ1) is 17.8. The second kappa shape index (κ2) is 7.55. The summed E-state index contributed by atoms with van der Waals surface area (Å²) in [6.45, 7) is 2.82. The van der Waals surface area contributed by atoms with Crippen LogP contribution in [0.5, 0.6) is 0 Å². The number of nitrogens with zero attached hydrogens (tertiary/aromatic N) is 2. The van der Waals surface area contributed by atoms with E-state index in [0.717, 1.165) is 24.5 Å². The smallest absolute Gasteiger partial charge is 0.191 e. The van der Waals surface area contributed by atoms with E-state index in [2.05, 4.69) is 34.5 Å². The molecular weight excluding hydrogens is 327 g/mol. The molecule has 2 saturated heterocycles. The molecule has 2 N–H and O–H groups in total. The van der Waals surface area contributed by atoms with E-state index >= 15 is 0 Å². The first-order chi connectivity index (χ1) is 12.7. The Bertz CT molecular complexity index is 647. The molecule has 1 aliphatic carbocycles. The van der Waals surface area contributed by atoms with Crippen LogP contribution in [0, 0.1) is 5.82 Å². The van der Waals surface area contributed by atoms with Crippen LogP contribution in [0.15, 0.2) is 29.3 Å². The summed E-state index contributed by atoms with van der Waals surface area (Å²) in [5.74, 6) is 1.08. The topological polar surface area (TPSA) is 39.7 Å². The third-order valence-corrected chi connectivity index (χ3v) is 6.41. The number of aliphatic imine (C=N–C) groups is 1. The number of guanidine groups is 1. The highest BCUT2D eigenvalue weighted by atomic mass is 19.1. The number of benzene rings is 1. The van der Waals surface area contributed by atoms with Crippen molar-refractivity contribution in [1.29, 1.82) is 0 Å². The number of hydrogen-bond donors (Lipinski definition) is 2. The maximum atomic E-state index is 14.0. The molecule has 4 atom stereocenters. The minimum absolute atomic E-state index is 0.0908. The summed E-state index contributed by atoms with van der Waals surface area (Å²) in [7, 11) is 2.28. The van der Waals surface area contributed by atoms with E-state index in [9.17, 15) is 4.39 Å². The van der Waals surface area contributed by atoms with Crippen LogP contribution >= 0.6 is 0 Å². The van der Waals surface area contributed by atoms with Gasteiger partial charge in [0.25, 0.3) is 0 Å². The maximum absolute atomic E-state index is 14.0. The second-order valence-electron chi connectivity index (χ2n) is 8.15. The first-order valence-electron chi connectivity index (χ1n) is 10.2. The molecule has 1 saturated carbocycles. The lowest BCUT2D eigenvalue weighted by Gasteiger charge is -2.47. The number of nitrogens with one attached hydrogen (secondary N) is 2. The molecule has 0 radical (unpaired) electrons. The molecule has 1 aromatic rings. The monoisotopic (exact) mass is 358 g/mol. The Morgan fingerprint density at radius 1 is 1.15 bits per heavy atom. The van der Waals surface area contributed by atoms with Crippen molar-refractivity contribution in [2.45, 2.75) is 75.5 Å². The zero-order chi connectivity index (χ0) is 18.1. The van der Waals surface area contributed by atoms with Crippen LogP contribution in [0.3, 0.4) is 0 Å². The molecule has 4 unspecified atom stereocenters. The van der Waals surface area contributed by atoms with Crippen LogP contribution < -0.4 is 10.6 Å². The Labute approximate surface area is 156 Å². The lowest BCUT2D eigenvalue weighted by molar-refractivity contribution is 0.0526. The van der Waals surface area contributed by atoms with E-state index in [1.165, 1.54) is 32.1 Å². The summed E-state index contributed by atoms with van der Waals surface area (Å²) in [5, 5.41) is 7.23. The zero-order valence-corrected chi connectivity index (χ0v) is 15.9. The fourth-order valence-electron chi connectivity index (χ4n) is 4.87. The van der Waals surface area contributed by atoms with Gasteiger partial charge in [-0.15, -0.1) is 0 Å². The van der Waals surface area contributed by atoms with Gasteiger partial charge in [-0.2, -0.15) is 0 Å². The third-order valence-electron chi connectivity index (χ3n) is 6.41. The number of fused-ring (bicyclic) bond motifs is 2. The standard InChI is InChI=1S/C21H31FN4/c1-3-23-21(24-14-11-15-7-6-8-16(12-14)26(15)2)25-20-13-18(20)17-9-4-5-10-19(17)22/h4-5,9-10,14-16,18,20H,3,6-8,11-13H2,1-2H3,(H2,23,24,25). The fourth-order valence-corrected chi connectivity index (χ4v) is 4.87. The van der Waals surface area contributed by atoms with Gasteiger partial charge in [0.2, 0.25) is 0 Å². The summed E-state index contributed by atoms with van der Waals surface area (Å²) in [4.78, 5) is 7.23. The Morgan fingerprint density at radius 3 is 2.58 bits per heavy atom. The Morgan fingerprint density at radius 2 is 1.88 bits per heavy atom. The Balaban J connectivity index is 1.36. The van der Waals surface area contributed by atoms with Crippen molar-refractivity contribution < 1.29 is 4.39 Å². The number of piperidine rings is 2. The molecule has 3 aliphatic rings. The van der Waals surface area contributed by atoms with Crippen molar-refractivity contribution in [3.05, 3.63) is 35.6 Å². The number of hydrogen-bond acceptors (Lipinski definition) is 2. The van der Waals surface area contributed by atoms with E-state index in [1.807, 2.05) is 12.1 Å². The average molecular weight is 359 g/mol. The van der Waals surface area contributed by atoms with E-state index in [1.54, 1.807) is 12.1 Å². The SMILES string of the molecule is CCN=C(NC1CC2CCCC(C1)N2C)NC1CC1c1ccccc1F. The van der Waals surface area contributed by atoms with Crippen molar-refractivity contribution in [3.63, 3.8) is 0 Å². The van der Waals surface area contributed by atoms with Crippen molar-refractivity contribution in [3.8, 4) is 0 Å². The molecular formula is C21H31FN4. The molecule has 26 heavy (non-hydrogen) atoms. The normalized spacial score (nSPS) is 34.4. The maximum Gasteiger partial charge on any atom is 0.191 e.